The van der Waals surface area contributed by atoms with Crippen LogP contribution < -0.4 is 10.9 Å². The maximum Gasteiger partial charge on any atom is 0.277 e. The van der Waals surface area contributed by atoms with Gasteiger partial charge in [-0.1, -0.05) is 11.3 Å². The number of fused-ring (bicyclic) bond motifs is 1. The Hall–Kier alpha value is -3.81. The van der Waals surface area contributed by atoms with Crippen LogP contribution in [0.1, 0.15) is 21.7 Å². The molecule has 1 aromatic carbocycles. The van der Waals surface area contributed by atoms with Gasteiger partial charge in [0.25, 0.3) is 11.5 Å². The van der Waals surface area contributed by atoms with E-state index in [9.17, 15) is 9.59 Å². The number of H-pyrrole nitrogens is 1. The summed E-state index contributed by atoms with van der Waals surface area (Å²) < 4.78 is 1.62. The minimum Gasteiger partial charge on any atom is -0.321 e. The Morgan fingerprint density at radius 2 is 1.96 bits per heavy atom. The van der Waals surface area contributed by atoms with Crippen LogP contribution in [-0.2, 0) is 7.05 Å². The van der Waals surface area contributed by atoms with E-state index in [2.05, 4.69) is 25.7 Å². The minimum absolute atomic E-state index is 0.110. The molecular weight excluding hydrogens is 356 g/mol. The maximum atomic E-state index is 13.0. The largest absolute Gasteiger partial charge is 0.321 e. The summed E-state index contributed by atoms with van der Waals surface area (Å²) in [4.78, 5) is 29.6. The second-order valence-corrected chi connectivity index (χ2v) is 6.65. The van der Waals surface area contributed by atoms with Crippen LogP contribution >= 0.6 is 0 Å². The molecule has 0 unspecified atom stereocenters. The van der Waals surface area contributed by atoms with Crippen LogP contribution in [0.25, 0.3) is 22.0 Å². The number of amides is 1. The lowest BCUT2D eigenvalue weighted by Gasteiger charge is -2.13. The average Bonchev–Trinajstić information content (AvgIpc) is 3.22. The molecule has 3 heterocycles. The number of aromatic amines is 1. The summed E-state index contributed by atoms with van der Waals surface area (Å²) in [6, 6.07) is 9.17. The fourth-order valence-electron chi connectivity index (χ4n) is 3.16. The number of rotatable bonds is 3. The van der Waals surface area contributed by atoms with Crippen molar-refractivity contribution < 1.29 is 4.79 Å². The number of nitrogens with one attached hydrogen (secondary N) is 2. The van der Waals surface area contributed by atoms with Gasteiger partial charge in [-0.2, -0.15) is 0 Å². The summed E-state index contributed by atoms with van der Waals surface area (Å²) in [6.45, 7) is 3.82. The van der Waals surface area contributed by atoms with Crippen LogP contribution in [0, 0.1) is 13.8 Å². The third-order valence-electron chi connectivity index (χ3n) is 4.68. The Labute approximate surface area is 160 Å². The molecule has 1 amide bonds. The van der Waals surface area contributed by atoms with E-state index in [1.807, 2.05) is 32.0 Å². The third kappa shape index (κ3) is 3.05. The van der Waals surface area contributed by atoms with Gasteiger partial charge in [-0.25, -0.2) is 0 Å². The van der Waals surface area contributed by atoms with Crippen molar-refractivity contribution in [3.63, 3.8) is 0 Å². The molecule has 3 aromatic heterocycles. The molecule has 0 aliphatic heterocycles. The second kappa shape index (κ2) is 6.73. The molecule has 0 atom stereocenters. The molecule has 4 rings (SSSR count). The number of aryl methyl sites for hydroxylation is 3. The van der Waals surface area contributed by atoms with Gasteiger partial charge in [0, 0.05) is 35.6 Å². The highest BCUT2D eigenvalue weighted by atomic mass is 16.2. The summed E-state index contributed by atoms with van der Waals surface area (Å²) in [6.07, 6.45) is 3.18. The highest BCUT2D eigenvalue weighted by Gasteiger charge is 2.14. The highest BCUT2D eigenvalue weighted by Crippen LogP contribution is 2.27. The second-order valence-electron chi connectivity index (χ2n) is 6.65. The smallest absolute Gasteiger partial charge is 0.277 e. The van der Waals surface area contributed by atoms with Crippen LogP contribution in [0.4, 0.5) is 5.69 Å². The molecule has 0 bridgehead atoms. The number of pyridine rings is 2. The summed E-state index contributed by atoms with van der Waals surface area (Å²) in [5.41, 5.74) is 4.55. The number of carbonyl (C=O) groups is 1. The summed E-state index contributed by atoms with van der Waals surface area (Å²) in [5.74, 6) is -0.380. The molecule has 0 radical (unpaired) electrons. The highest BCUT2D eigenvalue weighted by molar-refractivity contribution is 6.03. The number of hydrogen-bond acceptors (Lipinski definition) is 5. The van der Waals surface area contributed by atoms with Crippen LogP contribution in [-0.4, -0.2) is 30.9 Å². The molecule has 0 aliphatic carbocycles. The predicted molar refractivity (Wildman–Crippen MR) is 106 cm³/mol. The van der Waals surface area contributed by atoms with E-state index >= 15 is 0 Å². The zero-order chi connectivity index (χ0) is 19.8. The predicted octanol–water partition coefficient (Wildman–Crippen LogP) is 2.59. The van der Waals surface area contributed by atoms with Crippen molar-refractivity contribution in [1.29, 1.82) is 0 Å². The normalized spacial score (nSPS) is 11.0. The van der Waals surface area contributed by atoms with Gasteiger partial charge >= 0.3 is 0 Å². The van der Waals surface area contributed by atoms with Crippen molar-refractivity contribution in [2.75, 3.05) is 5.32 Å². The number of nitrogens with zero attached hydrogens (tertiary/aromatic N) is 4. The fraction of sp³-hybridized carbons (Fsp3) is 0.150. The van der Waals surface area contributed by atoms with Gasteiger partial charge in [-0.3, -0.25) is 19.7 Å². The lowest BCUT2D eigenvalue weighted by Crippen LogP contribution is -2.19. The third-order valence-corrected chi connectivity index (χ3v) is 4.68. The van der Waals surface area contributed by atoms with E-state index < -0.39 is 0 Å². The number of anilines is 1. The molecule has 2 N–H and O–H groups in total. The van der Waals surface area contributed by atoms with Gasteiger partial charge in [-0.05, 0) is 49.2 Å². The van der Waals surface area contributed by atoms with E-state index in [-0.39, 0.29) is 17.2 Å². The van der Waals surface area contributed by atoms with E-state index in [4.69, 9.17) is 0 Å². The van der Waals surface area contributed by atoms with E-state index in [0.29, 0.717) is 11.3 Å². The van der Waals surface area contributed by atoms with Crippen molar-refractivity contribution >= 4 is 22.5 Å². The standard InChI is InChI=1S/C20H18N6O2/c1-11-4-5-14(23-19(27)17-10-22-25-24-17)8-15(11)16-7-13-9-21-12(2)6-18(13)26(3)20(16)28/h4-10H,1-3H3,(H,23,27)(H,22,24,25). The minimum atomic E-state index is -0.380. The zero-order valence-corrected chi connectivity index (χ0v) is 15.6. The van der Waals surface area contributed by atoms with Gasteiger partial charge in [-0.15, -0.1) is 5.10 Å². The lowest BCUT2D eigenvalue weighted by molar-refractivity contribution is 0.102. The quantitative estimate of drug-likeness (QED) is 0.573. The van der Waals surface area contributed by atoms with Gasteiger partial charge in [0.05, 0.1) is 11.7 Å². The molecule has 0 saturated heterocycles. The van der Waals surface area contributed by atoms with Gasteiger partial charge in [0.15, 0.2) is 5.69 Å². The first-order chi connectivity index (χ1) is 13.4. The Morgan fingerprint density at radius 1 is 1.14 bits per heavy atom. The molecule has 8 nitrogen and oxygen atoms in total. The summed E-state index contributed by atoms with van der Waals surface area (Å²) in [5, 5.41) is 13.4. The topological polar surface area (TPSA) is 106 Å². The number of hydrogen-bond donors (Lipinski definition) is 2. The SMILES string of the molecule is Cc1cc2c(cn1)cc(-c1cc(NC(=O)c3c[nH]nn3)ccc1C)c(=O)n2C. The number of carbonyl (C=O) groups excluding carboxylic acids is 1. The van der Waals surface area contributed by atoms with Gasteiger partial charge < -0.3 is 9.88 Å². The first-order valence-electron chi connectivity index (χ1n) is 8.69. The molecular formula is C20H18N6O2. The zero-order valence-electron chi connectivity index (χ0n) is 15.6. The lowest BCUT2D eigenvalue weighted by atomic mass is 9.99. The fourth-order valence-corrected chi connectivity index (χ4v) is 3.16. The summed E-state index contributed by atoms with van der Waals surface area (Å²) >= 11 is 0. The van der Waals surface area contributed by atoms with Gasteiger partial charge in [0.1, 0.15) is 0 Å². The Balaban J connectivity index is 1.81. The van der Waals surface area contributed by atoms with E-state index in [0.717, 1.165) is 27.7 Å². The maximum absolute atomic E-state index is 13.0. The molecule has 0 fully saturated rings. The van der Waals surface area contributed by atoms with Crippen molar-refractivity contribution in [1.82, 2.24) is 25.0 Å². The molecule has 28 heavy (non-hydrogen) atoms. The van der Waals surface area contributed by atoms with Crippen molar-refractivity contribution in [3.8, 4) is 11.1 Å². The van der Waals surface area contributed by atoms with E-state index in [1.165, 1.54) is 6.20 Å². The van der Waals surface area contributed by atoms with Gasteiger partial charge in [0.2, 0.25) is 0 Å². The first-order valence-corrected chi connectivity index (χ1v) is 8.69. The molecule has 0 saturated carbocycles. The van der Waals surface area contributed by atoms with Crippen molar-refractivity contribution in [3.05, 3.63) is 70.0 Å². The molecule has 140 valence electrons. The van der Waals surface area contributed by atoms with Crippen molar-refractivity contribution in [2.24, 2.45) is 7.05 Å². The molecule has 0 spiro atoms. The monoisotopic (exact) mass is 374 g/mol. The first kappa shape index (κ1) is 17.6. The van der Waals surface area contributed by atoms with Crippen LogP contribution in [0.3, 0.4) is 0 Å². The van der Waals surface area contributed by atoms with Crippen LogP contribution in [0.15, 0.2) is 47.5 Å². The average molecular weight is 374 g/mol. The van der Waals surface area contributed by atoms with Crippen LogP contribution in [0.2, 0.25) is 0 Å². The Kier molecular flexibility index (Phi) is 4.23. The molecule has 0 aliphatic rings. The number of benzene rings is 1. The molecule has 4 aromatic rings. The van der Waals surface area contributed by atoms with E-state index in [1.54, 1.807) is 29.9 Å². The summed E-state index contributed by atoms with van der Waals surface area (Å²) in [7, 11) is 1.75. The van der Waals surface area contributed by atoms with Crippen LogP contribution in [0.5, 0.6) is 0 Å². The Morgan fingerprint density at radius 3 is 2.71 bits per heavy atom. The van der Waals surface area contributed by atoms with Crippen molar-refractivity contribution in [2.45, 2.75) is 13.8 Å². The Bertz CT molecular complexity index is 1260. The molecule has 8 heteroatoms. The number of aromatic nitrogens is 5.